The fraction of sp³-hybridized carbons (Fsp3) is 0.800. The molecule has 0 aromatic heterocycles. The SMILES string of the molecule is O=C(O)CCS(=O)CC(=O)OC1CCCC1. The molecule has 92 valence electrons. The van der Waals surface area contributed by atoms with Gasteiger partial charge in [0, 0.05) is 16.6 Å². The minimum Gasteiger partial charge on any atom is -0.481 e. The van der Waals surface area contributed by atoms with Crippen molar-refractivity contribution in [2.45, 2.75) is 38.2 Å². The van der Waals surface area contributed by atoms with Crippen molar-refractivity contribution in [1.29, 1.82) is 0 Å². The summed E-state index contributed by atoms with van der Waals surface area (Å²) in [6, 6.07) is 0. The lowest BCUT2D eigenvalue weighted by Gasteiger charge is -2.10. The van der Waals surface area contributed by atoms with Crippen LogP contribution in [-0.2, 0) is 25.1 Å². The smallest absolute Gasteiger partial charge is 0.318 e. The van der Waals surface area contributed by atoms with E-state index in [2.05, 4.69) is 0 Å². The molecule has 6 heteroatoms. The number of carbonyl (C=O) groups is 2. The van der Waals surface area contributed by atoms with E-state index in [1.807, 2.05) is 0 Å². The van der Waals surface area contributed by atoms with Gasteiger partial charge in [0.05, 0.1) is 6.42 Å². The first kappa shape index (κ1) is 13.2. The van der Waals surface area contributed by atoms with E-state index in [1.54, 1.807) is 0 Å². The topological polar surface area (TPSA) is 80.7 Å². The Hall–Kier alpha value is -0.910. The molecule has 1 fully saturated rings. The molecule has 0 saturated heterocycles. The lowest BCUT2D eigenvalue weighted by atomic mass is 10.3. The third kappa shape index (κ3) is 5.25. The van der Waals surface area contributed by atoms with Crippen LogP contribution in [0, 0.1) is 0 Å². The Kier molecular flexibility index (Phi) is 5.45. The van der Waals surface area contributed by atoms with Gasteiger partial charge in [0.1, 0.15) is 11.9 Å². The van der Waals surface area contributed by atoms with Gasteiger partial charge in [-0.1, -0.05) is 0 Å². The number of ether oxygens (including phenoxy) is 1. The monoisotopic (exact) mass is 248 g/mol. The largest absolute Gasteiger partial charge is 0.481 e. The number of hydrogen-bond acceptors (Lipinski definition) is 4. The summed E-state index contributed by atoms with van der Waals surface area (Å²) in [6.07, 6.45) is 3.70. The minimum absolute atomic E-state index is 0.00903. The molecule has 0 bridgehead atoms. The van der Waals surface area contributed by atoms with Crippen LogP contribution in [0.5, 0.6) is 0 Å². The summed E-state index contributed by atoms with van der Waals surface area (Å²) in [5.41, 5.74) is 0. The van der Waals surface area contributed by atoms with E-state index in [0.717, 1.165) is 25.7 Å². The second kappa shape index (κ2) is 6.62. The average Bonchev–Trinajstić information content (AvgIpc) is 2.67. The second-order valence-electron chi connectivity index (χ2n) is 3.83. The Morgan fingerprint density at radius 2 is 1.94 bits per heavy atom. The number of carboxylic acid groups (broad SMARTS) is 1. The lowest BCUT2D eigenvalue weighted by Crippen LogP contribution is -2.21. The third-order valence-corrected chi connectivity index (χ3v) is 3.64. The van der Waals surface area contributed by atoms with Crippen LogP contribution >= 0.6 is 0 Å². The number of hydrogen-bond donors (Lipinski definition) is 1. The summed E-state index contributed by atoms with van der Waals surface area (Å²) in [7, 11) is -1.43. The van der Waals surface area contributed by atoms with Gasteiger partial charge in [-0.25, -0.2) is 0 Å². The quantitative estimate of drug-likeness (QED) is 0.700. The highest BCUT2D eigenvalue weighted by Gasteiger charge is 2.20. The minimum atomic E-state index is -1.43. The van der Waals surface area contributed by atoms with Gasteiger partial charge in [0.15, 0.2) is 0 Å². The number of carboxylic acids is 1. The number of rotatable bonds is 6. The standard InChI is InChI=1S/C10H16O5S/c11-9(12)5-6-16(14)7-10(13)15-8-3-1-2-4-8/h8H,1-7H2,(H,11,12). The Morgan fingerprint density at radius 3 is 2.50 bits per heavy atom. The lowest BCUT2D eigenvalue weighted by molar-refractivity contribution is -0.145. The Labute approximate surface area is 96.6 Å². The number of aliphatic carboxylic acids is 1. The fourth-order valence-corrected chi connectivity index (χ4v) is 2.51. The van der Waals surface area contributed by atoms with Crippen LogP contribution in [-0.4, -0.2) is 38.9 Å². The van der Waals surface area contributed by atoms with E-state index in [-0.39, 0.29) is 24.0 Å². The molecular weight excluding hydrogens is 232 g/mol. The molecule has 0 radical (unpaired) electrons. The van der Waals surface area contributed by atoms with Gasteiger partial charge in [0.25, 0.3) is 0 Å². The zero-order valence-corrected chi connectivity index (χ0v) is 9.83. The van der Waals surface area contributed by atoms with Gasteiger partial charge in [0.2, 0.25) is 0 Å². The van der Waals surface area contributed by atoms with Gasteiger partial charge >= 0.3 is 11.9 Å². The Morgan fingerprint density at radius 1 is 1.31 bits per heavy atom. The molecule has 1 saturated carbocycles. The van der Waals surface area contributed by atoms with Crippen molar-refractivity contribution in [2.75, 3.05) is 11.5 Å². The van der Waals surface area contributed by atoms with Crippen molar-refractivity contribution in [1.82, 2.24) is 0 Å². The van der Waals surface area contributed by atoms with Crippen LogP contribution in [0.4, 0.5) is 0 Å². The summed E-state index contributed by atoms with van der Waals surface area (Å²) in [4.78, 5) is 21.5. The van der Waals surface area contributed by atoms with Crippen molar-refractivity contribution >= 4 is 22.7 Å². The number of esters is 1. The van der Waals surface area contributed by atoms with Crippen molar-refractivity contribution in [3.8, 4) is 0 Å². The predicted octanol–water partition coefficient (Wildman–Crippen LogP) is 0.696. The maximum absolute atomic E-state index is 11.3. The van der Waals surface area contributed by atoms with Crippen LogP contribution in [0.15, 0.2) is 0 Å². The van der Waals surface area contributed by atoms with Gasteiger partial charge in [-0.05, 0) is 25.7 Å². The highest BCUT2D eigenvalue weighted by Crippen LogP contribution is 2.20. The Balaban J connectivity index is 2.17. The third-order valence-electron chi connectivity index (χ3n) is 2.42. The molecule has 0 aromatic rings. The summed E-state index contributed by atoms with van der Waals surface area (Å²) >= 11 is 0. The molecule has 1 unspecified atom stereocenters. The van der Waals surface area contributed by atoms with Gasteiger partial charge < -0.3 is 9.84 Å². The van der Waals surface area contributed by atoms with Crippen molar-refractivity contribution in [3.63, 3.8) is 0 Å². The molecule has 5 nitrogen and oxygen atoms in total. The molecule has 1 aliphatic carbocycles. The molecule has 0 amide bonds. The maximum atomic E-state index is 11.3. The fourth-order valence-electron chi connectivity index (χ4n) is 1.63. The first-order chi connectivity index (χ1) is 7.58. The van der Waals surface area contributed by atoms with Crippen LogP contribution in [0.25, 0.3) is 0 Å². The molecule has 1 aliphatic rings. The molecule has 1 rings (SSSR count). The predicted molar refractivity (Wildman–Crippen MR) is 58.5 cm³/mol. The van der Waals surface area contributed by atoms with E-state index < -0.39 is 22.7 Å². The summed E-state index contributed by atoms with van der Waals surface area (Å²) in [5, 5.41) is 8.38. The second-order valence-corrected chi connectivity index (χ2v) is 5.40. The van der Waals surface area contributed by atoms with E-state index in [9.17, 15) is 13.8 Å². The number of carbonyl (C=O) groups excluding carboxylic acids is 1. The molecule has 1 atom stereocenters. The highest BCUT2D eigenvalue weighted by molar-refractivity contribution is 7.85. The van der Waals surface area contributed by atoms with E-state index in [4.69, 9.17) is 9.84 Å². The van der Waals surface area contributed by atoms with E-state index in [1.165, 1.54) is 0 Å². The van der Waals surface area contributed by atoms with Crippen molar-refractivity contribution < 1.29 is 23.6 Å². The van der Waals surface area contributed by atoms with Gasteiger partial charge in [-0.15, -0.1) is 0 Å². The summed E-state index contributed by atoms with van der Waals surface area (Å²) in [6.45, 7) is 0. The molecule has 0 aliphatic heterocycles. The average molecular weight is 248 g/mol. The summed E-state index contributed by atoms with van der Waals surface area (Å²) < 4.78 is 16.4. The molecule has 16 heavy (non-hydrogen) atoms. The summed E-state index contributed by atoms with van der Waals surface area (Å²) in [5.74, 6) is -1.66. The van der Waals surface area contributed by atoms with Crippen LogP contribution in [0.1, 0.15) is 32.1 Å². The molecule has 0 aromatic carbocycles. The van der Waals surface area contributed by atoms with Crippen LogP contribution < -0.4 is 0 Å². The van der Waals surface area contributed by atoms with Crippen LogP contribution in [0.2, 0.25) is 0 Å². The zero-order valence-electron chi connectivity index (χ0n) is 9.02. The molecule has 0 heterocycles. The highest BCUT2D eigenvalue weighted by atomic mass is 32.2. The van der Waals surface area contributed by atoms with Gasteiger partial charge in [-0.3, -0.25) is 13.8 Å². The van der Waals surface area contributed by atoms with Gasteiger partial charge in [-0.2, -0.15) is 0 Å². The molecule has 0 spiro atoms. The zero-order chi connectivity index (χ0) is 12.0. The molecular formula is C10H16O5S. The Bertz CT molecular complexity index is 283. The maximum Gasteiger partial charge on any atom is 0.318 e. The normalized spacial score (nSPS) is 18.2. The van der Waals surface area contributed by atoms with E-state index >= 15 is 0 Å². The van der Waals surface area contributed by atoms with Crippen LogP contribution in [0.3, 0.4) is 0 Å². The van der Waals surface area contributed by atoms with Crippen molar-refractivity contribution in [2.24, 2.45) is 0 Å². The van der Waals surface area contributed by atoms with E-state index in [0.29, 0.717) is 0 Å². The first-order valence-corrected chi connectivity index (χ1v) is 6.83. The molecule has 1 N–H and O–H groups in total. The first-order valence-electron chi connectivity index (χ1n) is 5.34. The van der Waals surface area contributed by atoms with Crippen molar-refractivity contribution in [3.05, 3.63) is 0 Å².